The van der Waals surface area contributed by atoms with E-state index in [-0.39, 0.29) is 5.91 Å². The topological polar surface area (TPSA) is 71.8 Å². The Labute approximate surface area is 147 Å². The molecule has 0 spiro atoms. The lowest BCUT2D eigenvalue weighted by Gasteiger charge is -2.21. The molecule has 0 bridgehead atoms. The number of benzene rings is 2. The van der Waals surface area contributed by atoms with E-state index >= 15 is 0 Å². The van der Waals surface area contributed by atoms with Crippen molar-refractivity contribution in [3.05, 3.63) is 53.1 Å². The van der Waals surface area contributed by atoms with E-state index in [9.17, 15) is 4.79 Å². The van der Waals surface area contributed by atoms with Crippen LogP contribution in [-0.4, -0.2) is 39.2 Å². The molecule has 1 amide bonds. The number of hydrogen-bond acceptors (Lipinski definition) is 5. The van der Waals surface area contributed by atoms with Crippen LogP contribution in [0, 0.1) is 11.3 Å². The fourth-order valence-corrected chi connectivity index (χ4v) is 2.56. The van der Waals surface area contributed by atoms with E-state index in [4.69, 9.17) is 19.5 Å². The minimum absolute atomic E-state index is 0.186. The second-order valence-electron chi connectivity index (χ2n) is 5.35. The van der Waals surface area contributed by atoms with E-state index in [1.165, 1.54) is 7.11 Å². The van der Waals surface area contributed by atoms with Gasteiger partial charge in [0.15, 0.2) is 11.5 Å². The summed E-state index contributed by atoms with van der Waals surface area (Å²) in [5, 5.41) is 8.98. The minimum Gasteiger partial charge on any atom is -0.493 e. The first-order valence-electron chi connectivity index (χ1n) is 7.59. The number of nitriles is 1. The van der Waals surface area contributed by atoms with Gasteiger partial charge in [0.2, 0.25) is 5.75 Å². The Balaban J connectivity index is 2.29. The monoisotopic (exact) mass is 340 g/mol. The van der Waals surface area contributed by atoms with E-state index < -0.39 is 0 Å². The quantitative estimate of drug-likeness (QED) is 0.808. The molecule has 0 aliphatic heterocycles. The smallest absolute Gasteiger partial charge is 0.253 e. The highest BCUT2D eigenvalue weighted by Crippen LogP contribution is 2.40. The van der Waals surface area contributed by atoms with Crippen LogP contribution < -0.4 is 14.2 Å². The lowest BCUT2D eigenvalue weighted by Crippen LogP contribution is -2.26. The molecule has 25 heavy (non-hydrogen) atoms. The zero-order chi connectivity index (χ0) is 18.4. The summed E-state index contributed by atoms with van der Waals surface area (Å²) in [7, 11) is 6.32. The van der Waals surface area contributed by atoms with Gasteiger partial charge < -0.3 is 19.1 Å². The molecule has 0 atom stereocenters. The number of methoxy groups -OCH3 is 3. The molecule has 0 fully saturated rings. The standard InChI is InChI=1S/C19H20N2O4/c1-21(19(22)14-7-5-6-13(10-14)11-20)12-15-8-9-16(23-2)18(25-4)17(15)24-3/h5-10H,12H2,1-4H3. The second kappa shape index (κ2) is 8.06. The molecule has 6 heteroatoms. The summed E-state index contributed by atoms with van der Waals surface area (Å²) >= 11 is 0. The summed E-state index contributed by atoms with van der Waals surface area (Å²) in [5.41, 5.74) is 1.69. The van der Waals surface area contributed by atoms with Gasteiger partial charge in [-0.3, -0.25) is 4.79 Å². The van der Waals surface area contributed by atoms with Gasteiger partial charge in [-0.2, -0.15) is 5.26 Å². The van der Waals surface area contributed by atoms with Crippen LogP contribution in [0.25, 0.3) is 0 Å². The normalized spacial score (nSPS) is 9.88. The molecule has 2 rings (SSSR count). The molecular formula is C19H20N2O4. The van der Waals surface area contributed by atoms with Gasteiger partial charge in [-0.25, -0.2) is 0 Å². The van der Waals surface area contributed by atoms with Gasteiger partial charge in [0.1, 0.15) is 0 Å². The van der Waals surface area contributed by atoms with E-state index in [2.05, 4.69) is 0 Å². The first-order chi connectivity index (χ1) is 12.0. The molecule has 0 radical (unpaired) electrons. The van der Waals surface area contributed by atoms with Gasteiger partial charge in [-0.05, 0) is 30.3 Å². The zero-order valence-corrected chi connectivity index (χ0v) is 14.7. The molecule has 0 aromatic heterocycles. The van der Waals surface area contributed by atoms with Crippen LogP contribution in [0.3, 0.4) is 0 Å². The maximum absolute atomic E-state index is 12.6. The molecule has 0 aliphatic carbocycles. The fraction of sp³-hybridized carbons (Fsp3) is 0.263. The van der Waals surface area contributed by atoms with Crippen LogP contribution in [0.5, 0.6) is 17.2 Å². The van der Waals surface area contributed by atoms with E-state index in [1.54, 1.807) is 56.5 Å². The van der Waals surface area contributed by atoms with Gasteiger partial charge in [0.25, 0.3) is 5.91 Å². The molecule has 0 saturated heterocycles. The largest absolute Gasteiger partial charge is 0.493 e. The Hall–Kier alpha value is -3.20. The molecule has 0 saturated carbocycles. The molecule has 2 aromatic carbocycles. The average molecular weight is 340 g/mol. The van der Waals surface area contributed by atoms with Gasteiger partial charge in [0.05, 0.1) is 33.0 Å². The van der Waals surface area contributed by atoms with Crippen molar-refractivity contribution in [2.24, 2.45) is 0 Å². The number of ether oxygens (including phenoxy) is 3. The minimum atomic E-state index is -0.186. The van der Waals surface area contributed by atoms with Crippen LogP contribution in [0.4, 0.5) is 0 Å². The summed E-state index contributed by atoms with van der Waals surface area (Å²) in [6, 6.07) is 12.2. The summed E-state index contributed by atoms with van der Waals surface area (Å²) in [6.07, 6.45) is 0. The average Bonchev–Trinajstić information content (AvgIpc) is 2.66. The van der Waals surface area contributed by atoms with Crippen molar-refractivity contribution in [2.75, 3.05) is 28.4 Å². The van der Waals surface area contributed by atoms with Crippen molar-refractivity contribution in [3.8, 4) is 23.3 Å². The third-order valence-electron chi connectivity index (χ3n) is 3.78. The predicted molar refractivity (Wildman–Crippen MR) is 93.1 cm³/mol. The van der Waals surface area contributed by atoms with Gasteiger partial charge in [0, 0.05) is 24.7 Å². The highest BCUT2D eigenvalue weighted by molar-refractivity contribution is 5.94. The molecule has 0 aliphatic rings. The highest BCUT2D eigenvalue weighted by Gasteiger charge is 2.19. The third-order valence-corrected chi connectivity index (χ3v) is 3.78. The number of carbonyl (C=O) groups excluding carboxylic acids is 1. The van der Waals surface area contributed by atoms with Crippen LogP contribution in [0.1, 0.15) is 21.5 Å². The Kier molecular flexibility index (Phi) is 5.85. The lowest BCUT2D eigenvalue weighted by molar-refractivity contribution is 0.0784. The van der Waals surface area contributed by atoms with E-state index in [0.29, 0.717) is 34.9 Å². The van der Waals surface area contributed by atoms with Gasteiger partial charge in [-0.15, -0.1) is 0 Å². The van der Waals surface area contributed by atoms with Crippen molar-refractivity contribution in [1.29, 1.82) is 5.26 Å². The van der Waals surface area contributed by atoms with Crippen LogP contribution in [0.2, 0.25) is 0 Å². The van der Waals surface area contributed by atoms with Crippen LogP contribution in [0.15, 0.2) is 36.4 Å². The maximum atomic E-state index is 12.6. The maximum Gasteiger partial charge on any atom is 0.253 e. The van der Waals surface area contributed by atoms with E-state index in [0.717, 1.165) is 5.56 Å². The molecular weight excluding hydrogens is 320 g/mol. The molecule has 6 nitrogen and oxygen atoms in total. The van der Waals surface area contributed by atoms with Gasteiger partial charge >= 0.3 is 0 Å². The first-order valence-corrected chi connectivity index (χ1v) is 7.59. The molecule has 0 N–H and O–H groups in total. The Morgan fingerprint density at radius 2 is 1.80 bits per heavy atom. The molecule has 0 heterocycles. The summed E-state index contributed by atoms with van der Waals surface area (Å²) < 4.78 is 16.1. The SMILES string of the molecule is COc1ccc(CN(C)C(=O)c2cccc(C#N)c2)c(OC)c1OC. The number of rotatable bonds is 6. The number of carbonyl (C=O) groups is 1. The Morgan fingerprint density at radius 3 is 2.40 bits per heavy atom. The number of amides is 1. The van der Waals surface area contributed by atoms with Gasteiger partial charge in [-0.1, -0.05) is 6.07 Å². The zero-order valence-electron chi connectivity index (χ0n) is 14.7. The predicted octanol–water partition coefficient (Wildman–Crippen LogP) is 2.86. The summed E-state index contributed by atoms with van der Waals surface area (Å²) in [4.78, 5) is 14.2. The molecule has 130 valence electrons. The van der Waals surface area contributed by atoms with Crippen molar-refractivity contribution < 1.29 is 19.0 Å². The number of nitrogens with zero attached hydrogens (tertiary/aromatic N) is 2. The number of hydrogen-bond donors (Lipinski definition) is 0. The van der Waals surface area contributed by atoms with Crippen molar-refractivity contribution in [2.45, 2.75) is 6.54 Å². The van der Waals surface area contributed by atoms with Crippen LogP contribution in [-0.2, 0) is 6.54 Å². The van der Waals surface area contributed by atoms with E-state index in [1.807, 2.05) is 12.1 Å². The first kappa shape index (κ1) is 18.1. The van der Waals surface area contributed by atoms with Crippen molar-refractivity contribution in [1.82, 2.24) is 4.90 Å². The molecule has 2 aromatic rings. The lowest BCUT2D eigenvalue weighted by atomic mass is 10.1. The summed E-state index contributed by atoms with van der Waals surface area (Å²) in [5.74, 6) is 1.37. The van der Waals surface area contributed by atoms with Crippen molar-refractivity contribution in [3.63, 3.8) is 0 Å². The van der Waals surface area contributed by atoms with Crippen molar-refractivity contribution >= 4 is 5.91 Å². The molecule has 0 unspecified atom stereocenters. The fourth-order valence-electron chi connectivity index (χ4n) is 2.56. The van der Waals surface area contributed by atoms with Crippen LogP contribution >= 0.6 is 0 Å². The third kappa shape index (κ3) is 3.83. The second-order valence-corrected chi connectivity index (χ2v) is 5.35. The summed E-state index contributed by atoms with van der Waals surface area (Å²) in [6.45, 7) is 0.319. The highest BCUT2D eigenvalue weighted by atomic mass is 16.5. The Morgan fingerprint density at radius 1 is 1.08 bits per heavy atom. The Bertz CT molecular complexity index is 812.